The summed E-state index contributed by atoms with van der Waals surface area (Å²) in [5, 5.41) is 10.4. The number of hydrogen-bond acceptors (Lipinski definition) is 1. The van der Waals surface area contributed by atoms with E-state index in [-0.39, 0.29) is 17.8 Å². The van der Waals surface area contributed by atoms with Crippen LogP contribution in [0.2, 0.25) is 0 Å². The van der Waals surface area contributed by atoms with Crippen molar-refractivity contribution in [1.82, 2.24) is 4.98 Å². The first kappa shape index (κ1) is 8.92. The van der Waals surface area contributed by atoms with E-state index in [1.54, 1.807) is 6.07 Å². The van der Waals surface area contributed by atoms with Crippen molar-refractivity contribution in [3.63, 3.8) is 0 Å². The standard InChI is InChI=1S/C12H12FNO/c13-8-1-2-9-10(6-14-11(9)5-8)12(7-15)3-4-12/h1-2,5-6,14-15H,3-4,7H2. The van der Waals surface area contributed by atoms with Gasteiger partial charge >= 0.3 is 0 Å². The van der Waals surface area contributed by atoms with E-state index in [1.807, 2.05) is 6.20 Å². The summed E-state index contributed by atoms with van der Waals surface area (Å²) >= 11 is 0. The van der Waals surface area contributed by atoms with Crippen LogP contribution < -0.4 is 0 Å². The third-order valence-electron chi connectivity index (χ3n) is 3.37. The summed E-state index contributed by atoms with van der Waals surface area (Å²) in [5.41, 5.74) is 1.88. The molecule has 3 heteroatoms. The zero-order valence-corrected chi connectivity index (χ0v) is 8.26. The van der Waals surface area contributed by atoms with Crippen LogP contribution in [0.4, 0.5) is 4.39 Å². The Hall–Kier alpha value is -1.35. The predicted molar refractivity (Wildman–Crippen MR) is 56.3 cm³/mol. The van der Waals surface area contributed by atoms with Crippen LogP contribution >= 0.6 is 0 Å². The summed E-state index contributed by atoms with van der Waals surface area (Å²) < 4.78 is 13.0. The smallest absolute Gasteiger partial charge is 0.125 e. The number of nitrogens with one attached hydrogen (secondary N) is 1. The maximum Gasteiger partial charge on any atom is 0.125 e. The highest BCUT2D eigenvalue weighted by molar-refractivity contribution is 5.84. The minimum absolute atomic E-state index is 0.0594. The van der Waals surface area contributed by atoms with Crippen LogP contribution in [0.3, 0.4) is 0 Å². The van der Waals surface area contributed by atoms with Crippen LogP contribution in [0, 0.1) is 5.82 Å². The topological polar surface area (TPSA) is 36.0 Å². The van der Waals surface area contributed by atoms with Crippen molar-refractivity contribution in [1.29, 1.82) is 0 Å². The van der Waals surface area contributed by atoms with Gasteiger partial charge in [-0.1, -0.05) is 0 Å². The molecule has 1 fully saturated rings. The summed E-state index contributed by atoms with van der Waals surface area (Å²) in [6.45, 7) is 0.178. The van der Waals surface area contributed by atoms with E-state index in [1.165, 1.54) is 12.1 Å². The minimum atomic E-state index is -0.232. The van der Waals surface area contributed by atoms with Crippen molar-refractivity contribution < 1.29 is 9.50 Å². The van der Waals surface area contributed by atoms with Gasteiger partial charge in [0.25, 0.3) is 0 Å². The van der Waals surface area contributed by atoms with Gasteiger partial charge in [0.2, 0.25) is 0 Å². The zero-order valence-electron chi connectivity index (χ0n) is 8.26. The van der Waals surface area contributed by atoms with Crippen molar-refractivity contribution in [3.05, 3.63) is 35.8 Å². The van der Waals surface area contributed by atoms with Crippen molar-refractivity contribution in [2.45, 2.75) is 18.3 Å². The van der Waals surface area contributed by atoms with E-state index in [9.17, 15) is 9.50 Å². The van der Waals surface area contributed by atoms with Gasteiger partial charge in [0.15, 0.2) is 0 Å². The number of fused-ring (bicyclic) bond motifs is 1. The molecule has 3 rings (SSSR count). The first-order valence-corrected chi connectivity index (χ1v) is 5.13. The Morgan fingerprint density at radius 3 is 2.87 bits per heavy atom. The number of aliphatic hydroxyl groups is 1. The van der Waals surface area contributed by atoms with Crippen molar-refractivity contribution in [2.24, 2.45) is 0 Å². The first-order valence-electron chi connectivity index (χ1n) is 5.13. The second-order valence-corrected chi connectivity index (χ2v) is 4.33. The Labute approximate surface area is 86.7 Å². The quantitative estimate of drug-likeness (QED) is 0.775. The first-order chi connectivity index (χ1) is 7.25. The second kappa shape index (κ2) is 2.83. The number of aliphatic hydroxyl groups excluding tert-OH is 1. The fourth-order valence-electron chi connectivity index (χ4n) is 2.20. The zero-order chi connectivity index (χ0) is 10.5. The number of hydrogen-bond donors (Lipinski definition) is 2. The number of halogens is 1. The molecular weight excluding hydrogens is 193 g/mol. The van der Waals surface area contributed by atoms with Crippen molar-refractivity contribution in [3.8, 4) is 0 Å². The Kier molecular flexibility index (Phi) is 1.68. The predicted octanol–water partition coefficient (Wildman–Crippen LogP) is 2.33. The Bertz CT molecular complexity index is 513. The third-order valence-corrected chi connectivity index (χ3v) is 3.37. The summed E-state index contributed by atoms with van der Waals surface area (Å²) in [6, 6.07) is 4.74. The van der Waals surface area contributed by atoms with Gasteiger partial charge in [0.05, 0.1) is 6.61 Å². The van der Waals surface area contributed by atoms with Gasteiger partial charge in [-0.2, -0.15) is 0 Å². The van der Waals surface area contributed by atoms with E-state index in [2.05, 4.69) is 4.98 Å². The molecule has 1 heterocycles. The SMILES string of the molecule is OCC1(c2c[nH]c3cc(F)ccc23)CC1. The van der Waals surface area contributed by atoms with Gasteiger partial charge in [-0.05, 0) is 36.6 Å². The van der Waals surface area contributed by atoms with Crippen LogP contribution in [0.1, 0.15) is 18.4 Å². The molecule has 0 saturated heterocycles. The van der Waals surface area contributed by atoms with Gasteiger partial charge in [-0.3, -0.25) is 0 Å². The number of H-pyrrole nitrogens is 1. The monoisotopic (exact) mass is 205 g/mol. The highest BCUT2D eigenvalue weighted by Gasteiger charge is 2.45. The minimum Gasteiger partial charge on any atom is -0.395 e. The molecule has 1 aromatic carbocycles. The number of rotatable bonds is 2. The Balaban J connectivity index is 2.21. The molecule has 1 aromatic heterocycles. The molecule has 2 aromatic rings. The summed E-state index contributed by atoms with van der Waals surface area (Å²) in [7, 11) is 0. The summed E-state index contributed by atoms with van der Waals surface area (Å²) in [4.78, 5) is 3.06. The van der Waals surface area contributed by atoms with Crippen LogP contribution in [-0.4, -0.2) is 16.7 Å². The molecule has 0 aliphatic heterocycles. The molecule has 0 spiro atoms. The second-order valence-electron chi connectivity index (χ2n) is 4.33. The van der Waals surface area contributed by atoms with E-state index < -0.39 is 0 Å². The normalized spacial score (nSPS) is 18.3. The Morgan fingerprint density at radius 1 is 1.40 bits per heavy atom. The van der Waals surface area contributed by atoms with Crippen LogP contribution in [-0.2, 0) is 5.41 Å². The molecule has 15 heavy (non-hydrogen) atoms. The lowest BCUT2D eigenvalue weighted by atomic mass is 9.96. The van der Waals surface area contributed by atoms with E-state index in [4.69, 9.17) is 0 Å². The molecule has 1 aliphatic carbocycles. The average molecular weight is 205 g/mol. The molecular formula is C12H12FNO. The van der Waals surface area contributed by atoms with Gasteiger partial charge in [0, 0.05) is 22.5 Å². The molecule has 2 nitrogen and oxygen atoms in total. The fraction of sp³-hybridized carbons (Fsp3) is 0.333. The molecule has 0 amide bonds. The molecule has 0 unspecified atom stereocenters. The lowest BCUT2D eigenvalue weighted by Gasteiger charge is -2.09. The number of aromatic nitrogens is 1. The molecule has 0 atom stereocenters. The van der Waals surface area contributed by atoms with Gasteiger partial charge in [-0.15, -0.1) is 0 Å². The van der Waals surface area contributed by atoms with Crippen LogP contribution in [0.15, 0.2) is 24.4 Å². The van der Waals surface area contributed by atoms with Gasteiger partial charge in [0.1, 0.15) is 5.82 Å². The maximum atomic E-state index is 13.0. The van der Waals surface area contributed by atoms with Crippen molar-refractivity contribution in [2.75, 3.05) is 6.61 Å². The summed E-state index contributed by atoms with van der Waals surface area (Å²) in [5.74, 6) is -0.232. The number of aromatic amines is 1. The fourth-order valence-corrected chi connectivity index (χ4v) is 2.20. The molecule has 1 aliphatic rings. The highest BCUT2D eigenvalue weighted by Crippen LogP contribution is 2.49. The molecule has 78 valence electrons. The molecule has 0 radical (unpaired) electrons. The lowest BCUT2D eigenvalue weighted by Crippen LogP contribution is -2.10. The Morgan fingerprint density at radius 2 is 2.20 bits per heavy atom. The average Bonchev–Trinajstić information content (AvgIpc) is 2.93. The summed E-state index contributed by atoms with van der Waals surface area (Å²) in [6.07, 6.45) is 3.94. The molecule has 2 N–H and O–H groups in total. The van der Waals surface area contributed by atoms with E-state index >= 15 is 0 Å². The van der Waals surface area contributed by atoms with Gasteiger partial charge in [-0.25, -0.2) is 4.39 Å². The van der Waals surface area contributed by atoms with E-state index in [0.717, 1.165) is 29.3 Å². The maximum absolute atomic E-state index is 13.0. The molecule has 0 bridgehead atoms. The number of benzene rings is 1. The van der Waals surface area contributed by atoms with E-state index in [0.29, 0.717) is 0 Å². The largest absolute Gasteiger partial charge is 0.395 e. The third kappa shape index (κ3) is 1.20. The van der Waals surface area contributed by atoms with Gasteiger partial charge < -0.3 is 10.1 Å². The highest BCUT2D eigenvalue weighted by atomic mass is 19.1. The lowest BCUT2D eigenvalue weighted by molar-refractivity contribution is 0.256. The van der Waals surface area contributed by atoms with Crippen molar-refractivity contribution >= 4 is 10.9 Å². The molecule has 1 saturated carbocycles. The van der Waals surface area contributed by atoms with Crippen LogP contribution in [0.5, 0.6) is 0 Å². The van der Waals surface area contributed by atoms with Crippen LogP contribution in [0.25, 0.3) is 10.9 Å².